The van der Waals surface area contributed by atoms with E-state index in [2.05, 4.69) is 6.92 Å². The van der Waals surface area contributed by atoms with Gasteiger partial charge in [0.05, 0.1) is 15.2 Å². The fourth-order valence-corrected chi connectivity index (χ4v) is 6.33. The van der Waals surface area contributed by atoms with Gasteiger partial charge < -0.3 is 0 Å². The predicted molar refractivity (Wildman–Crippen MR) is 104 cm³/mol. The quantitative estimate of drug-likeness (QED) is 0.455. The third-order valence-electron chi connectivity index (χ3n) is 4.16. The Kier molecular flexibility index (Phi) is 6.02. The second-order valence-electron chi connectivity index (χ2n) is 5.91. The number of carbonyl (C=O) groups is 2. The van der Waals surface area contributed by atoms with Crippen LogP contribution in [0, 0.1) is 0 Å². The standard InChI is InChI=1S/C18H18Cl2O2S2/c1-2-8-23-15-9-11-14(24-15)7-6-10(17(11)20)18(22)16-12(19)4-3-5-13(16)21/h6-7,15H,2-5,8-9H2,1H3. The summed E-state index contributed by atoms with van der Waals surface area (Å²) in [4.78, 5) is 26.1. The van der Waals surface area contributed by atoms with Gasteiger partial charge in [0.15, 0.2) is 11.6 Å². The number of rotatable bonds is 5. The highest BCUT2D eigenvalue weighted by atomic mass is 35.5. The van der Waals surface area contributed by atoms with Gasteiger partial charge in [-0.25, -0.2) is 0 Å². The largest absolute Gasteiger partial charge is 0.294 e. The Morgan fingerprint density at radius 1 is 1.33 bits per heavy atom. The summed E-state index contributed by atoms with van der Waals surface area (Å²) in [6, 6.07) is 3.69. The zero-order valence-electron chi connectivity index (χ0n) is 13.4. The first-order valence-corrected chi connectivity index (χ1v) is 10.8. The molecule has 0 N–H and O–H groups in total. The van der Waals surface area contributed by atoms with E-state index in [0.29, 0.717) is 39.5 Å². The molecule has 0 saturated carbocycles. The van der Waals surface area contributed by atoms with Crippen LogP contribution in [0.25, 0.3) is 0 Å². The van der Waals surface area contributed by atoms with Gasteiger partial charge in [-0.1, -0.05) is 30.1 Å². The van der Waals surface area contributed by atoms with E-state index in [9.17, 15) is 9.59 Å². The molecule has 128 valence electrons. The molecular formula is C18H18Cl2O2S2. The van der Waals surface area contributed by atoms with E-state index in [4.69, 9.17) is 23.2 Å². The highest BCUT2D eigenvalue weighted by Crippen LogP contribution is 2.46. The van der Waals surface area contributed by atoms with Crippen molar-refractivity contribution < 1.29 is 9.59 Å². The van der Waals surface area contributed by atoms with Crippen molar-refractivity contribution in [3.63, 3.8) is 0 Å². The predicted octanol–water partition coefficient (Wildman–Crippen LogP) is 5.89. The molecule has 24 heavy (non-hydrogen) atoms. The summed E-state index contributed by atoms with van der Waals surface area (Å²) in [5.41, 5.74) is 1.56. The zero-order valence-corrected chi connectivity index (χ0v) is 16.5. The molecule has 0 bridgehead atoms. The lowest BCUT2D eigenvalue weighted by molar-refractivity contribution is -0.115. The van der Waals surface area contributed by atoms with Crippen LogP contribution in [0.2, 0.25) is 5.02 Å². The van der Waals surface area contributed by atoms with Crippen molar-refractivity contribution >= 4 is 58.3 Å². The van der Waals surface area contributed by atoms with Crippen molar-refractivity contribution in [3.05, 3.63) is 38.9 Å². The minimum absolute atomic E-state index is 0.132. The summed E-state index contributed by atoms with van der Waals surface area (Å²) >= 11 is 16.4. The van der Waals surface area contributed by atoms with Crippen LogP contribution < -0.4 is 0 Å². The van der Waals surface area contributed by atoms with Gasteiger partial charge in [-0.2, -0.15) is 0 Å². The number of allylic oxidation sites excluding steroid dienone is 2. The fourth-order valence-electron chi connectivity index (χ4n) is 2.96. The normalized spacial score (nSPS) is 20.5. The summed E-state index contributed by atoms with van der Waals surface area (Å²) in [6.07, 6.45) is 3.67. The first-order chi connectivity index (χ1) is 11.5. The number of hydrogen-bond acceptors (Lipinski definition) is 4. The number of Topliss-reactive ketones (excluding diaryl/α,β-unsaturated/α-hetero) is 2. The average molecular weight is 401 g/mol. The number of ketones is 2. The van der Waals surface area contributed by atoms with Gasteiger partial charge >= 0.3 is 0 Å². The van der Waals surface area contributed by atoms with Gasteiger partial charge in [-0.15, -0.1) is 23.5 Å². The number of halogens is 2. The summed E-state index contributed by atoms with van der Waals surface area (Å²) in [6.45, 7) is 2.17. The molecule has 1 atom stereocenters. The molecule has 1 heterocycles. The minimum Gasteiger partial charge on any atom is -0.294 e. The van der Waals surface area contributed by atoms with E-state index in [0.717, 1.165) is 29.1 Å². The van der Waals surface area contributed by atoms with Crippen LogP contribution >= 0.6 is 46.7 Å². The Hall–Kier alpha value is -0.420. The third kappa shape index (κ3) is 3.57. The molecule has 1 aliphatic heterocycles. The second-order valence-corrected chi connectivity index (χ2v) is 9.60. The Morgan fingerprint density at radius 2 is 2.12 bits per heavy atom. The lowest BCUT2D eigenvalue weighted by Gasteiger charge is -2.15. The smallest absolute Gasteiger partial charge is 0.199 e. The van der Waals surface area contributed by atoms with Crippen LogP contribution in [0.5, 0.6) is 0 Å². The summed E-state index contributed by atoms with van der Waals surface area (Å²) in [7, 11) is 0. The van der Waals surface area contributed by atoms with Gasteiger partial charge in [0.1, 0.15) is 0 Å². The van der Waals surface area contributed by atoms with Crippen molar-refractivity contribution in [2.45, 2.75) is 48.5 Å². The van der Waals surface area contributed by atoms with Crippen molar-refractivity contribution in [2.24, 2.45) is 0 Å². The summed E-state index contributed by atoms with van der Waals surface area (Å²) < 4.78 is 0.446. The molecular weight excluding hydrogens is 383 g/mol. The van der Waals surface area contributed by atoms with Gasteiger partial charge in [0.25, 0.3) is 0 Å². The molecule has 2 aliphatic rings. The molecule has 1 aromatic carbocycles. The number of fused-ring (bicyclic) bond motifs is 1. The SMILES string of the molecule is CCCSC1Cc2c(ccc(C(=O)C3=C(Cl)CCCC3=O)c2Cl)S1. The molecule has 6 heteroatoms. The molecule has 3 rings (SSSR count). The maximum absolute atomic E-state index is 12.8. The van der Waals surface area contributed by atoms with E-state index < -0.39 is 0 Å². The highest BCUT2D eigenvalue weighted by Gasteiger charge is 2.31. The molecule has 0 fully saturated rings. The molecule has 0 spiro atoms. The Balaban J connectivity index is 1.89. The second kappa shape index (κ2) is 7.86. The number of benzene rings is 1. The number of carbonyl (C=O) groups excluding carboxylic acids is 2. The Labute approximate surface area is 160 Å². The van der Waals surface area contributed by atoms with Gasteiger partial charge in [0.2, 0.25) is 0 Å². The van der Waals surface area contributed by atoms with Crippen molar-refractivity contribution in [1.82, 2.24) is 0 Å². The summed E-state index contributed by atoms with van der Waals surface area (Å²) in [5.74, 6) is 0.622. The minimum atomic E-state index is -0.327. The number of hydrogen-bond donors (Lipinski definition) is 0. The molecule has 0 aromatic heterocycles. The van der Waals surface area contributed by atoms with Crippen molar-refractivity contribution in [3.8, 4) is 0 Å². The van der Waals surface area contributed by atoms with Crippen LogP contribution in [0.15, 0.2) is 27.6 Å². The first-order valence-electron chi connectivity index (χ1n) is 8.09. The topological polar surface area (TPSA) is 34.1 Å². The van der Waals surface area contributed by atoms with Gasteiger partial charge in [0, 0.05) is 21.9 Å². The van der Waals surface area contributed by atoms with Gasteiger partial charge in [-0.3, -0.25) is 9.59 Å². The van der Waals surface area contributed by atoms with Gasteiger partial charge in [-0.05, 0) is 49.1 Å². The van der Waals surface area contributed by atoms with E-state index in [1.165, 1.54) is 0 Å². The number of thioether (sulfide) groups is 2. The van der Waals surface area contributed by atoms with Crippen molar-refractivity contribution in [1.29, 1.82) is 0 Å². The van der Waals surface area contributed by atoms with E-state index in [-0.39, 0.29) is 17.1 Å². The molecule has 0 radical (unpaired) electrons. The maximum atomic E-state index is 12.8. The Bertz CT molecular complexity index is 728. The van der Waals surface area contributed by atoms with Crippen molar-refractivity contribution in [2.75, 3.05) is 5.75 Å². The molecule has 2 nitrogen and oxygen atoms in total. The average Bonchev–Trinajstić information content (AvgIpc) is 2.97. The van der Waals surface area contributed by atoms with Crippen LogP contribution in [-0.4, -0.2) is 21.9 Å². The van der Waals surface area contributed by atoms with Crippen LogP contribution in [0.3, 0.4) is 0 Å². The lowest BCUT2D eigenvalue weighted by atomic mass is 9.91. The van der Waals surface area contributed by atoms with E-state index in [1.54, 1.807) is 6.07 Å². The van der Waals surface area contributed by atoms with E-state index in [1.807, 2.05) is 29.6 Å². The molecule has 1 aliphatic carbocycles. The fraction of sp³-hybridized carbons (Fsp3) is 0.444. The van der Waals surface area contributed by atoms with E-state index >= 15 is 0 Å². The molecule has 0 saturated heterocycles. The monoisotopic (exact) mass is 400 g/mol. The third-order valence-corrected chi connectivity index (χ3v) is 7.91. The lowest BCUT2D eigenvalue weighted by Crippen LogP contribution is -2.18. The molecule has 1 aromatic rings. The van der Waals surface area contributed by atoms with Crippen LogP contribution in [0.1, 0.15) is 48.5 Å². The maximum Gasteiger partial charge on any atom is 0.199 e. The Morgan fingerprint density at radius 3 is 2.83 bits per heavy atom. The first kappa shape index (κ1) is 18.4. The molecule has 1 unspecified atom stereocenters. The van der Waals surface area contributed by atoms with Crippen LogP contribution in [-0.2, 0) is 11.2 Å². The molecule has 0 amide bonds. The van der Waals surface area contributed by atoms with Crippen LogP contribution in [0.4, 0.5) is 0 Å². The highest BCUT2D eigenvalue weighted by molar-refractivity contribution is 8.17. The summed E-state index contributed by atoms with van der Waals surface area (Å²) in [5, 5.41) is 0.860. The zero-order chi connectivity index (χ0) is 17.3.